The van der Waals surface area contributed by atoms with Crippen molar-refractivity contribution < 1.29 is 17.9 Å². The summed E-state index contributed by atoms with van der Waals surface area (Å²) in [5.41, 5.74) is 2.06. The molecule has 2 fully saturated rings. The fraction of sp³-hybridized carbons (Fsp3) is 0.591. The topological polar surface area (TPSA) is 109 Å². The molecule has 36 heavy (non-hydrogen) atoms. The molecule has 3 aromatic heterocycles. The summed E-state index contributed by atoms with van der Waals surface area (Å²) < 4.78 is 44.3. The van der Waals surface area contributed by atoms with Crippen LogP contribution >= 0.6 is 0 Å². The average Bonchev–Trinajstić information content (AvgIpc) is 3.51. The molecule has 14 heteroatoms. The van der Waals surface area contributed by atoms with Gasteiger partial charge in [-0.1, -0.05) is 0 Å². The van der Waals surface area contributed by atoms with Crippen LogP contribution < -0.4 is 15.5 Å². The summed E-state index contributed by atoms with van der Waals surface area (Å²) in [4.78, 5) is 22.4. The molecule has 5 rings (SSSR count). The van der Waals surface area contributed by atoms with Gasteiger partial charge in [0.2, 0.25) is 5.95 Å². The minimum atomic E-state index is -4.38. The van der Waals surface area contributed by atoms with Crippen LogP contribution in [0.3, 0.4) is 0 Å². The number of halogens is 3. The van der Waals surface area contributed by atoms with Crippen molar-refractivity contribution in [1.29, 1.82) is 0 Å². The van der Waals surface area contributed by atoms with Crippen molar-refractivity contribution in [3.05, 3.63) is 24.3 Å². The zero-order valence-electron chi connectivity index (χ0n) is 19.8. The Balaban J connectivity index is 1.54. The van der Waals surface area contributed by atoms with Gasteiger partial charge in [-0.3, -0.25) is 9.58 Å². The van der Waals surface area contributed by atoms with Crippen LogP contribution in [0.25, 0.3) is 11.0 Å². The number of ether oxygens (including phenoxy) is 1. The molecule has 0 radical (unpaired) electrons. The van der Waals surface area contributed by atoms with Crippen LogP contribution in [0.4, 0.5) is 30.8 Å². The van der Waals surface area contributed by atoms with E-state index in [4.69, 9.17) is 19.8 Å². The number of likely N-dealkylation sites (tertiary alicyclic amines) is 1. The van der Waals surface area contributed by atoms with Crippen molar-refractivity contribution >= 4 is 28.6 Å². The van der Waals surface area contributed by atoms with Gasteiger partial charge in [0.15, 0.2) is 5.82 Å². The van der Waals surface area contributed by atoms with E-state index in [0.29, 0.717) is 35.2 Å². The van der Waals surface area contributed by atoms with E-state index in [1.807, 2.05) is 0 Å². The first-order valence-electron chi connectivity index (χ1n) is 12.1. The number of piperazine rings is 1. The summed E-state index contributed by atoms with van der Waals surface area (Å²) in [6.45, 7) is 4.42. The lowest BCUT2D eigenvalue weighted by atomic mass is 10.3. The fourth-order valence-corrected chi connectivity index (χ4v) is 4.47. The first kappa shape index (κ1) is 24.6. The van der Waals surface area contributed by atoms with E-state index in [1.165, 1.54) is 6.33 Å². The molecule has 0 spiro atoms. The average molecular weight is 507 g/mol. The molecule has 0 unspecified atom stereocenters. The Kier molecular flexibility index (Phi) is 7.43. The molecular weight excluding hydrogens is 477 g/mol. The maximum absolute atomic E-state index is 12.6. The van der Waals surface area contributed by atoms with Gasteiger partial charge in [-0.05, 0) is 32.0 Å². The van der Waals surface area contributed by atoms with Crippen molar-refractivity contribution in [2.24, 2.45) is 0 Å². The maximum atomic E-state index is 12.6. The minimum Gasteiger partial charge on any atom is -0.370 e. The van der Waals surface area contributed by atoms with Crippen LogP contribution in [0.2, 0.25) is 0 Å². The number of fused-ring (bicyclic) bond motifs is 1. The highest BCUT2D eigenvalue weighted by Crippen LogP contribution is 2.30. The number of nitrogens with zero attached hydrogens (tertiary/aromatic N) is 8. The Morgan fingerprint density at radius 1 is 1.08 bits per heavy atom. The van der Waals surface area contributed by atoms with E-state index in [0.717, 1.165) is 57.8 Å². The third-order valence-electron chi connectivity index (χ3n) is 6.16. The summed E-state index contributed by atoms with van der Waals surface area (Å²) in [6.07, 6.45) is 0.927. The van der Waals surface area contributed by atoms with Crippen LogP contribution in [-0.2, 0) is 17.8 Å². The standard InChI is InChI=1S/C22H29F3N10O/c23-22(24,25)14-36-12-11-35-19-18(16(32-35)13-33-7-1-2-8-33)30-21(34-9-5-26-6-10-34)31-20(19)29-17-3-4-27-15-28-17/h3-4,15,26H,1-2,5-14H2,(H,27,28,29,30,31). The predicted molar refractivity (Wildman–Crippen MR) is 127 cm³/mol. The molecule has 3 aromatic rings. The number of alkyl halides is 3. The largest absolute Gasteiger partial charge is 0.411 e. The zero-order chi connectivity index (χ0) is 25.0. The molecule has 2 N–H and O–H groups in total. The van der Waals surface area contributed by atoms with Gasteiger partial charge in [-0.2, -0.15) is 23.3 Å². The lowest BCUT2D eigenvalue weighted by Gasteiger charge is -2.27. The molecule has 0 atom stereocenters. The summed E-state index contributed by atoms with van der Waals surface area (Å²) in [5, 5.41) is 11.4. The fourth-order valence-electron chi connectivity index (χ4n) is 4.47. The van der Waals surface area contributed by atoms with Gasteiger partial charge in [0.05, 0.1) is 13.2 Å². The quantitative estimate of drug-likeness (QED) is 0.418. The van der Waals surface area contributed by atoms with E-state index < -0.39 is 12.8 Å². The van der Waals surface area contributed by atoms with Gasteiger partial charge in [0.1, 0.15) is 35.5 Å². The molecular formula is C22H29F3N10O. The Morgan fingerprint density at radius 2 is 1.89 bits per heavy atom. The molecule has 11 nitrogen and oxygen atoms in total. The number of hydrogen-bond acceptors (Lipinski definition) is 10. The molecule has 0 amide bonds. The van der Waals surface area contributed by atoms with Crippen LogP contribution in [0.1, 0.15) is 18.5 Å². The van der Waals surface area contributed by atoms with Crippen molar-refractivity contribution in [1.82, 2.24) is 39.9 Å². The number of aromatic nitrogens is 6. The highest BCUT2D eigenvalue weighted by Gasteiger charge is 2.28. The van der Waals surface area contributed by atoms with Crippen molar-refractivity contribution in [2.75, 3.05) is 62.7 Å². The molecule has 194 valence electrons. The third kappa shape index (κ3) is 5.99. The van der Waals surface area contributed by atoms with Gasteiger partial charge in [-0.25, -0.2) is 15.0 Å². The van der Waals surface area contributed by atoms with E-state index in [-0.39, 0.29) is 13.2 Å². The van der Waals surface area contributed by atoms with E-state index in [1.54, 1.807) is 16.9 Å². The van der Waals surface area contributed by atoms with E-state index in [9.17, 15) is 13.2 Å². The number of anilines is 3. The van der Waals surface area contributed by atoms with Crippen LogP contribution in [-0.4, -0.2) is 93.3 Å². The third-order valence-corrected chi connectivity index (χ3v) is 6.16. The Hall–Kier alpha value is -3.10. The number of hydrogen-bond donors (Lipinski definition) is 2. The van der Waals surface area contributed by atoms with E-state index >= 15 is 0 Å². The molecule has 0 bridgehead atoms. The molecule has 2 saturated heterocycles. The van der Waals surface area contributed by atoms with Gasteiger partial charge < -0.3 is 20.3 Å². The molecule has 0 aromatic carbocycles. The van der Waals surface area contributed by atoms with Crippen molar-refractivity contribution in [3.63, 3.8) is 0 Å². The summed E-state index contributed by atoms with van der Waals surface area (Å²) in [7, 11) is 0. The highest BCUT2D eigenvalue weighted by atomic mass is 19.4. The van der Waals surface area contributed by atoms with Gasteiger partial charge in [0, 0.05) is 38.9 Å². The number of nitrogens with one attached hydrogen (secondary N) is 2. The van der Waals surface area contributed by atoms with Gasteiger partial charge in [0.25, 0.3) is 0 Å². The monoisotopic (exact) mass is 506 g/mol. The molecule has 5 heterocycles. The molecule has 0 aliphatic carbocycles. The smallest absolute Gasteiger partial charge is 0.370 e. The van der Waals surface area contributed by atoms with Crippen molar-refractivity contribution in [3.8, 4) is 0 Å². The van der Waals surface area contributed by atoms with Crippen molar-refractivity contribution in [2.45, 2.75) is 32.1 Å². The Morgan fingerprint density at radius 3 is 2.61 bits per heavy atom. The normalized spacial score (nSPS) is 17.2. The summed E-state index contributed by atoms with van der Waals surface area (Å²) in [5.74, 6) is 1.61. The molecule has 2 aliphatic rings. The van der Waals surface area contributed by atoms with Crippen LogP contribution in [0.15, 0.2) is 18.6 Å². The summed E-state index contributed by atoms with van der Waals surface area (Å²) >= 11 is 0. The molecule has 0 saturated carbocycles. The minimum absolute atomic E-state index is 0.126. The Bertz CT molecular complexity index is 1140. The van der Waals surface area contributed by atoms with Crippen LogP contribution in [0, 0.1) is 0 Å². The van der Waals surface area contributed by atoms with E-state index in [2.05, 4.69) is 30.4 Å². The maximum Gasteiger partial charge on any atom is 0.411 e. The second kappa shape index (κ2) is 10.9. The SMILES string of the molecule is FC(F)(F)COCCn1nc(CN2CCCC2)c2nc(N3CCNCC3)nc(Nc3ccncn3)c21. The van der Waals surface area contributed by atoms with Crippen LogP contribution in [0.5, 0.6) is 0 Å². The van der Waals surface area contributed by atoms with Gasteiger partial charge >= 0.3 is 6.18 Å². The lowest BCUT2D eigenvalue weighted by Crippen LogP contribution is -2.44. The van der Waals surface area contributed by atoms with Gasteiger partial charge in [-0.15, -0.1) is 0 Å². The highest BCUT2D eigenvalue weighted by molar-refractivity contribution is 5.90. The zero-order valence-corrected chi connectivity index (χ0v) is 19.8. The first-order valence-corrected chi connectivity index (χ1v) is 12.1. The predicted octanol–water partition coefficient (Wildman–Crippen LogP) is 1.94. The Labute approximate surface area is 206 Å². The lowest BCUT2D eigenvalue weighted by molar-refractivity contribution is -0.174. The summed E-state index contributed by atoms with van der Waals surface area (Å²) in [6, 6.07) is 1.72. The number of rotatable bonds is 9. The second-order valence-corrected chi connectivity index (χ2v) is 8.85. The second-order valence-electron chi connectivity index (χ2n) is 8.85. The molecule has 2 aliphatic heterocycles. The first-order chi connectivity index (χ1) is 17.5.